The van der Waals surface area contributed by atoms with Crippen LogP contribution in [0.4, 0.5) is 0 Å². The molecule has 0 aliphatic heterocycles. The molecule has 0 saturated heterocycles. The van der Waals surface area contributed by atoms with Crippen LogP contribution in [0.15, 0.2) is 24.3 Å². The Bertz CT molecular complexity index is 363. The van der Waals surface area contributed by atoms with E-state index in [4.69, 9.17) is 21.1 Å². The van der Waals surface area contributed by atoms with E-state index in [2.05, 4.69) is 5.32 Å². The smallest absolute Gasteiger partial charge is 0.0897 e. The van der Waals surface area contributed by atoms with Crippen molar-refractivity contribution in [3.05, 3.63) is 34.9 Å². The van der Waals surface area contributed by atoms with Gasteiger partial charge in [0.2, 0.25) is 0 Å². The molecule has 0 heterocycles. The van der Waals surface area contributed by atoms with Crippen molar-refractivity contribution in [2.75, 3.05) is 33.4 Å². The minimum absolute atomic E-state index is 0.302. The lowest BCUT2D eigenvalue weighted by atomic mass is 10.2. The first kappa shape index (κ1) is 17.4. The highest BCUT2D eigenvalue weighted by Gasteiger charge is 2.05. The fourth-order valence-corrected chi connectivity index (χ4v) is 1.93. The molecule has 1 aromatic rings. The minimum Gasteiger partial charge on any atom is -0.389 e. The Morgan fingerprint density at radius 1 is 1.30 bits per heavy atom. The molecular weight excluding hydrogens is 278 g/mol. The zero-order valence-electron chi connectivity index (χ0n) is 12.0. The lowest BCUT2D eigenvalue weighted by Gasteiger charge is -2.13. The van der Waals surface area contributed by atoms with Gasteiger partial charge < -0.3 is 19.9 Å². The zero-order valence-corrected chi connectivity index (χ0v) is 12.7. The zero-order chi connectivity index (χ0) is 14.6. The number of hydrogen-bond acceptors (Lipinski definition) is 4. The highest BCUT2D eigenvalue weighted by molar-refractivity contribution is 6.31. The molecule has 1 unspecified atom stereocenters. The summed E-state index contributed by atoms with van der Waals surface area (Å²) in [5.41, 5.74) is 0.939. The van der Waals surface area contributed by atoms with Crippen LogP contribution in [0.3, 0.4) is 0 Å². The summed E-state index contributed by atoms with van der Waals surface area (Å²) in [5.74, 6) is 0. The van der Waals surface area contributed by atoms with E-state index in [1.165, 1.54) is 0 Å². The van der Waals surface area contributed by atoms with E-state index in [0.717, 1.165) is 31.6 Å². The van der Waals surface area contributed by atoms with E-state index in [0.29, 0.717) is 24.8 Å². The number of benzene rings is 1. The number of aliphatic hydroxyl groups excluding tert-OH is 1. The van der Waals surface area contributed by atoms with Crippen molar-refractivity contribution in [2.24, 2.45) is 0 Å². The molecule has 114 valence electrons. The van der Waals surface area contributed by atoms with Crippen molar-refractivity contribution in [1.29, 1.82) is 0 Å². The summed E-state index contributed by atoms with van der Waals surface area (Å²) < 4.78 is 10.4. The van der Waals surface area contributed by atoms with Gasteiger partial charge >= 0.3 is 0 Å². The van der Waals surface area contributed by atoms with Crippen molar-refractivity contribution in [2.45, 2.75) is 25.6 Å². The Kier molecular flexibility index (Phi) is 9.62. The van der Waals surface area contributed by atoms with Gasteiger partial charge in [0.1, 0.15) is 0 Å². The first-order chi connectivity index (χ1) is 9.74. The number of aliphatic hydroxyl groups is 1. The maximum absolute atomic E-state index is 9.75. The van der Waals surface area contributed by atoms with Gasteiger partial charge in [-0.2, -0.15) is 0 Å². The maximum atomic E-state index is 9.75. The Hall–Kier alpha value is -0.650. The molecule has 2 N–H and O–H groups in total. The van der Waals surface area contributed by atoms with Gasteiger partial charge in [0.05, 0.1) is 19.3 Å². The van der Waals surface area contributed by atoms with Gasteiger partial charge in [-0.15, -0.1) is 0 Å². The predicted molar refractivity (Wildman–Crippen MR) is 81.1 cm³/mol. The predicted octanol–water partition coefficient (Wildman–Crippen LogP) is 2.23. The molecule has 1 aromatic carbocycles. The molecule has 0 aliphatic carbocycles. The first-order valence-electron chi connectivity index (χ1n) is 6.93. The van der Waals surface area contributed by atoms with Crippen molar-refractivity contribution in [1.82, 2.24) is 5.32 Å². The quantitative estimate of drug-likeness (QED) is 0.616. The first-order valence-corrected chi connectivity index (χ1v) is 7.30. The fraction of sp³-hybridized carbons (Fsp3) is 0.600. The SMILES string of the molecule is COCCCCNCC(O)COCc1ccccc1Cl. The average Bonchev–Trinajstić information content (AvgIpc) is 2.45. The molecule has 1 atom stereocenters. The standard InChI is InChI=1S/C15H24ClNO3/c1-19-9-5-4-8-17-10-14(18)12-20-11-13-6-2-3-7-15(13)16/h2-3,6-7,14,17-18H,4-5,8-12H2,1H3. The average molecular weight is 302 g/mol. The Labute approximate surface area is 126 Å². The van der Waals surface area contributed by atoms with E-state index in [1.54, 1.807) is 7.11 Å². The van der Waals surface area contributed by atoms with Crippen LogP contribution in [0.25, 0.3) is 0 Å². The maximum Gasteiger partial charge on any atom is 0.0897 e. The van der Waals surface area contributed by atoms with Crippen molar-refractivity contribution >= 4 is 11.6 Å². The van der Waals surface area contributed by atoms with Crippen LogP contribution >= 0.6 is 11.6 Å². The van der Waals surface area contributed by atoms with Crippen LogP contribution in [-0.4, -0.2) is 44.6 Å². The molecule has 0 bridgehead atoms. The molecule has 0 fully saturated rings. The molecule has 0 aromatic heterocycles. The largest absolute Gasteiger partial charge is 0.389 e. The summed E-state index contributed by atoms with van der Waals surface area (Å²) in [6, 6.07) is 7.55. The van der Waals surface area contributed by atoms with Crippen molar-refractivity contribution < 1.29 is 14.6 Å². The molecule has 0 saturated carbocycles. The highest BCUT2D eigenvalue weighted by Crippen LogP contribution is 2.15. The van der Waals surface area contributed by atoms with Crippen LogP contribution in [0.2, 0.25) is 5.02 Å². The third kappa shape index (κ3) is 7.82. The van der Waals surface area contributed by atoms with E-state index >= 15 is 0 Å². The van der Waals surface area contributed by atoms with Crippen LogP contribution in [-0.2, 0) is 16.1 Å². The van der Waals surface area contributed by atoms with Crippen molar-refractivity contribution in [3.8, 4) is 0 Å². The summed E-state index contributed by atoms with van der Waals surface area (Å²) >= 11 is 6.02. The Balaban J connectivity index is 2.03. The molecule has 5 heteroatoms. The molecule has 0 amide bonds. The summed E-state index contributed by atoms with van der Waals surface area (Å²) in [7, 11) is 1.70. The van der Waals surface area contributed by atoms with Gasteiger partial charge in [-0.1, -0.05) is 29.8 Å². The van der Waals surface area contributed by atoms with Gasteiger partial charge in [-0.05, 0) is 31.0 Å². The minimum atomic E-state index is -0.500. The molecule has 20 heavy (non-hydrogen) atoms. The summed E-state index contributed by atoms with van der Waals surface area (Å²) in [4.78, 5) is 0. The van der Waals surface area contributed by atoms with Gasteiger partial charge in [-0.3, -0.25) is 0 Å². The number of rotatable bonds is 11. The van der Waals surface area contributed by atoms with E-state index in [1.807, 2.05) is 24.3 Å². The highest BCUT2D eigenvalue weighted by atomic mass is 35.5. The third-order valence-electron chi connectivity index (χ3n) is 2.86. The van der Waals surface area contributed by atoms with Gasteiger partial charge in [0.15, 0.2) is 0 Å². The summed E-state index contributed by atoms with van der Waals surface area (Å²) in [5, 5.41) is 13.6. The molecule has 0 spiro atoms. The van der Waals surface area contributed by atoms with Gasteiger partial charge in [-0.25, -0.2) is 0 Å². The molecule has 4 nitrogen and oxygen atoms in total. The Morgan fingerprint density at radius 2 is 2.10 bits per heavy atom. The monoisotopic (exact) mass is 301 g/mol. The third-order valence-corrected chi connectivity index (χ3v) is 3.23. The topological polar surface area (TPSA) is 50.7 Å². The summed E-state index contributed by atoms with van der Waals surface area (Å²) in [6.45, 7) is 2.92. The Morgan fingerprint density at radius 3 is 2.85 bits per heavy atom. The lowest BCUT2D eigenvalue weighted by Crippen LogP contribution is -2.31. The lowest BCUT2D eigenvalue weighted by molar-refractivity contribution is 0.0289. The van der Waals surface area contributed by atoms with Crippen LogP contribution in [0.5, 0.6) is 0 Å². The number of unbranched alkanes of at least 4 members (excludes halogenated alkanes) is 1. The van der Waals surface area contributed by atoms with E-state index in [-0.39, 0.29) is 0 Å². The number of nitrogens with one attached hydrogen (secondary N) is 1. The van der Waals surface area contributed by atoms with Crippen molar-refractivity contribution in [3.63, 3.8) is 0 Å². The second-order valence-corrected chi connectivity index (χ2v) is 5.07. The number of hydrogen-bond donors (Lipinski definition) is 2. The van der Waals surface area contributed by atoms with Crippen LogP contribution < -0.4 is 5.32 Å². The normalized spacial score (nSPS) is 12.6. The fourth-order valence-electron chi connectivity index (χ4n) is 1.74. The molecular formula is C15H24ClNO3. The van der Waals surface area contributed by atoms with Crippen LogP contribution in [0, 0.1) is 0 Å². The number of halogens is 1. The molecule has 0 aliphatic rings. The van der Waals surface area contributed by atoms with E-state index in [9.17, 15) is 5.11 Å². The number of methoxy groups -OCH3 is 1. The second-order valence-electron chi connectivity index (χ2n) is 4.66. The van der Waals surface area contributed by atoms with Gasteiger partial charge in [0, 0.05) is 25.3 Å². The van der Waals surface area contributed by atoms with Gasteiger partial charge in [0.25, 0.3) is 0 Å². The molecule has 1 rings (SSSR count). The van der Waals surface area contributed by atoms with E-state index < -0.39 is 6.10 Å². The second kappa shape index (κ2) is 11.1. The van der Waals surface area contributed by atoms with Crippen LogP contribution in [0.1, 0.15) is 18.4 Å². The molecule has 0 radical (unpaired) electrons. The number of ether oxygens (including phenoxy) is 2. The summed E-state index contributed by atoms with van der Waals surface area (Å²) in [6.07, 6.45) is 1.57.